The molecule has 1 radical (unpaired) electrons. The molecule has 4 rings (SSSR count). The first-order valence-corrected chi connectivity index (χ1v) is 10.8. The van der Waals surface area contributed by atoms with E-state index in [1.807, 2.05) is 0 Å². The minimum atomic E-state index is -0.924. The molecule has 34 heavy (non-hydrogen) atoms. The van der Waals surface area contributed by atoms with Crippen molar-refractivity contribution in [2.24, 2.45) is 0 Å². The van der Waals surface area contributed by atoms with E-state index in [4.69, 9.17) is 21.1 Å². The summed E-state index contributed by atoms with van der Waals surface area (Å²) in [5.41, 5.74) is 1.50. The molecule has 9 heteroatoms. The SMILES string of the molecule is O=C(NCCc1ccccc1F)c1ccc(Oc2cc3c(cc2Cl)C(C(=O)O)CCO3)cc1.[Na]. The Bertz CT molecular complexity index is 1190. The third-order valence-electron chi connectivity index (χ3n) is 5.38. The number of hydrogen-bond donors (Lipinski definition) is 2. The van der Waals surface area contributed by atoms with Gasteiger partial charge >= 0.3 is 5.97 Å². The Labute approximate surface area is 223 Å². The number of ether oxygens (including phenoxy) is 2. The van der Waals surface area contributed by atoms with Crippen LogP contribution >= 0.6 is 11.6 Å². The van der Waals surface area contributed by atoms with E-state index in [1.54, 1.807) is 54.6 Å². The molecule has 0 fully saturated rings. The normalized spacial score (nSPS) is 14.2. The van der Waals surface area contributed by atoms with Crippen LogP contribution in [0.5, 0.6) is 17.2 Å². The Morgan fingerprint density at radius 1 is 1.15 bits per heavy atom. The van der Waals surface area contributed by atoms with Gasteiger partial charge in [-0.2, -0.15) is 0 Å². The largest absolute Gasteiger partial charge is 0.493 e. The van der Waals surface area contributed by atoms with Crippen molar-refractivity contribution in [3.63, 3.8) is 0 Å². The molecule has 0 bridgehead atoms. The Hall–Kier alpha value is -2.58. The predicted molar refractivity (Wildman–Crippen MR) is 127 cm³/mol. The number of halogens is 2. The maximum absolute atomic E-state index is 13.7. The summed E-state index contributed by atoms with van der Waals surface area (Å²) in [6.45, 7) is 0.603. The van der Waals surface area contributed by atoms with Gasteiger partial charge in [0, 0.05) is 53.3 Å². The van der Waals surface area contributed by atoms with Crippen LogP contribution in [0.2, 0.25) is 5.02 Å². The molecule has 0 aromatic heterocycles. The molecule has 171 valence electrons. The molecule has 2 N–H and O–H groups in total. The van der Waals surface area contributed by atoms with Crippen LogP contribution in [0.1, 0.15) is 33.8 Å². The van der Waals surface area contributed by atoms with E-state index in [9.17, 15) is 19.1 Å². The van der Waals surface area contributed by atoms with E-state index in [2.05, 4.69) is 5.32 Å². The Morgan fingerprint density at radius 3 is 2.59 bits per heavy atom. The second kappa shape index (κ2) is 11.7. The number of benzene rings is 3. The monoisotopic (exact) mass is 492 g/mol. The first kappa shape index (κ1) is 26.0. The van der Waals surface area contributed by atoms with Crippen molar-refractivity contribution >= 4 is 53.0 Å². The van der Waals surface area contributed by atoms with Gasteiger partial charge in [-0.1, -0.05) is 29.8 Å². The number of rotatable bonds is 7. The van der Waals surface area contributed by atoms with Gasteiger partial charge in [0.2, 0.25) is 0 Å². The number of fused-ring (bicyclic) bond motifs is 1. The number of nitrogens with one attached hydrogen (secondary N) is 1. The number of carboxylic acid groups (broad SMARTS) is 1. The van der Waals surface area contributed by atoms with Gasteiger partial charge in [-0.25, -0.2) is 4.39 Å². The van der Waals surface area contributed by atoms with Crippen LogP contribution in [0, 0.1) is 5.82 Å². The third-order valence-corrected chi connectivity index (χ3v) is 5.68. The molecule has 0 saturated carbocycles. The Balaban J connectivity index is 0.00000324. The van der Waals surface area contributed by atoms with Crippen LogP contribution in [0.4, 0.5) is 4.39 Å². The zero-order valence-corrected chi connectivity index (χ0v) is 21.3. The second-order valence-corrected chi connectivity index (χ2v) is 7.98. The zero-order chi connectivity index (χ0) is 23.4. The van der Waals surface area contributed by atoms with E-state index in [0.29, 0.717) is 59.9 Å². The van der Waals surface area contributed by atoms with E-state index in [0.717, 1.165) is 0 Å². The van der Waals surface area contributed by atoms with Gasteiger partial charge < -0.3 is 19.9 Å². The molecule has 1 atom stereocenters. The quantitative estimate of drug-likeness (QED) is 0.462. The molecule has 0 saturated heterocycles. The summed E-state index contributed by atoms with van der Waals surface area (Å²) in [6.07, 6.45) is 0.768. The van der Waals surface area contributed by atoms with Gasteiger partial charge in [0.15, 0.2) is 0 Å². The molecule has 0 spiro atoms. The standard InChI is InChI=1S/C25H21ClFNO5.Na/c26-20-13-19-18(25(30)31)10-12-32-22(19)14-23(20)33-17-7-5-16(6-8-17)24(29)28-11-9-15-3-1-2-4-21(15)27;/h1-8,13-14,18H,9-12H2,(H,28,29)(H,30,31);. The van der Waals surface area contributed by atoms with Gasteiger partial charge in [0.05, 0.1) is 17.5 Å². The van der Waals surface area contributed by atoms with Crippen molar-refractivity contribution < 1.29 is 28.6 Å². The van der Waals surface area contributed by atoms with Crippen LogP contribution in [-0.4, -0.2) is 59.7 Å². The molecular weight excluding hydrogens is 472 g/mol. The minimum absolute atomic E-state index is 0. The number of carboxylic acids is 1. The maximum Gasteiger partial charge on any atom is 0.311 e. The van der Waals surface area contributed by atoms with Crippen molar-refractivity contribution in [3.05, 3.63) is 88.2 Å². The van der Waals surface area contributed by atoms with Gasteiger partial charge in [-0.15, -0.1) is 0 Å². The summed E-state index contributed by atoms with van der Waals surface area (Å²) < 4.78 is 25.1. The van der Waals surface area contributed by atoms with Gasteiger partial charge in [0.1, 0.15) is 23.1 Å². The third kappa shape index (κ3) is 6.10. The molecule has 1 unspecified atom stereocenters. The van der Waals surface area contributed by atoms with Crippen LogP contribution < -0.4 is 14.8 Å². The average Bonchev–Trinajstić information content (AvgIpc) is 2.80. The summed E-state index contributed by atoms with van der Waals surface area (Å²) in [4.78, 5) is 23.8. The first-order valence-electron chi connectivity index (χ1n) is 10.4. The summed E-state index contributed by atoms with van der Waals surface area (Å²) in [7, 11) is 0. The topological polar surface area (TPSA) is 84.9 Å². The molecule has 1 heterocycles. The molecule has 1 amide bonds. The van der Waals surface area contributed by atoms with Crippen molar-refractivity contribution in [3.8, 4) is 17.2 Å². The van der Waals surface area contributed by atoms with Crippen molar-refractivity contribution in [1.29, 1.82) is 0 Å². The second-order valence-electron chi connectivity index (χ2n) is 7.57. The van der Waals surface area contributed by atoms with E-state index in [-0.39, 0.29) is 46.3 Å². The Morgan fingerprint density at radius 2 is 1.88 bits per heavy atom. The van der Waals surface area contributed by atoms with E-state index < -0.39 is 11.9 Å². The molecule has 0 aliphatic carbocycles. The molecule has 3 aromatic carbocycles. The fourth-order valence-corrected chi connectivity index (χ4v) is 3.85. The van der Waals surface area contributed by atoms with E-state index >= 15 is 0 Å². The fraction of sp³-hybridized carbons (Fsp3) is 0.200. The van der Waals surface area contributed by atoms with Crippen LogP contribution in [-0.2, 0) is 11.2 Å². The fourth-order valence-electron chi connectivity index (χ4n) is 3.64. The number of carbonyl (C=O) groups is 2. The summed E-state index contributed by atoms with van der Waals surface area (Å²) in [5, 5.41) is 12.4. The molecule has 1 aliphatic heterocycles. The smallest absolute Gasteiger partial charge is 0.311 e. The maximum atomic E-state index is 13.7. The Kier molecular flexibility index (Phi) is 8.97. The zero-order valence-electron chi connectivity index (χ0n) is 18.5. The average molecular weight is 493 g/mol. The molecule has 1 aliphatic rings. The summed E-state index contributed by atoms with van der Waals surface area (Å²) in [6, 6.07) is 16.1. The van der Waals surface area contributed by atoms with Gasteiger partial charge in [-0.3, -0.25) is 9.59 Å². The van der Waals surface area contributed by atoms with Crippen LogP contribution in [0.25, 0.3) is 0 Å². The molecule has 3 aromatic rings. The van der Waals surface area contributed by atoms with Crippen molar-refractivity contribution in [2.45, 2.75) is 18.8 Å². The van der Waals surface area contributed by atoms with Crippen molar-refractivity contribution in [1.82, 2.24) is 5.32 Å². The van der Waals surface area contributed by atoms with Crippen LogP contribution in [0.3, 0.4) is 0 Å². The number of amides is 1. The van der Waals surface area contributed by atoms with Crippen LogP contribution in [0.15, 0.2) is 60.7 Å². The molecular formula is C25H21ClFNNaO5. The van der Waals surface area contributed by atoms with Crippen molar-refractivity contribution in [2.75, 3.05) is 13.2 Å². The minimum Gasteiger partial charge on any atom is -0.493 e. The van der Waals surface area contributed by atoms with Gasteiger partial charge in [-0.05, 0) is 54.8 Å². The van der Waals surface area contributed by atoms with E-state index in [1.165, 1.54) is 6.07 Å². The number of carbonyl (C=O) groups excluding carboxylic acids is 1. The summed E-state index contributed by atoms with van der Waals surface area (Å²) >= 11 is 6.32. The van der Waals surface area contributed by atoms with Gasteiger partial charge in [0.25, 0.3) is 5.91 Å². The number of aliphatic carboxylic acids is 1. The summed E-state index contributed by atoms with van der Waals surface area (Å²) in [5.74, 6) is -0.966. The predicted octanol–water partition coefficient (Wildman–Crippen LogP) is 4.81. The molecule has 6 nitrogen and oxygen atoms in total. The first-order chi connectivity index (χ1) is 15.9. The number of hydrogen-bond acceptors (Lipinski definition) is 4.